The molecule has 4 heteroatoms. The van der Waals surface area contributed by atoms with Crippen molar-refractivity contribution in [2.24, 2.45) is 0 Å². The second kappa shape index (κ2) is 16.8. The van der Waals surface area contributed by atoms with Crippen LogP contribution in [0.15, 0.2) is 182 Å². The van der Waals surface area contributed by atoms with E-state index in [2.05, 4.69) is 183 Å². The standard InChI is InChI=1S/C43H38N4.C6H10/c1-43(2,3)38-21-14-22-39-42(38)45-41(40(44-39)31-15-8-5-9-16-31)32-23-25-36(26-24-32)47(35-19-12-7-13-20-35)37-29-27-34(28-30-37)46(4)33-17-10-6-11-18-33;1-3-5-6-4-2/h5-30H,1-4H3;3-6H,1-2H3/b;5-3-,6-4-. The van der Waals surface area contributed by atoms with Gasteiger partial charge in [0.2, 0.25) is 0 Å². The van der Waals surface area contributed by atoms with Gasteiger partial charge >= 0.3 is 0 Å². The zero-order valence-corrected chi connectivity index (χ0v) is 31.6. The smallest absolute Gasteiger partial charge is 0.0973 e. The summed E-state index contributed by atoms with van der Waals surface area (Å²) < 4.78 is 0. The fraction of sp³-hybridized carbons (Fsp3) is 0.143. The Morgan fingerprint density at radius 2 is 0.887 bits per heavy atom. The van der Waals surface area contributed by atoms with Crippen LogP contribution in [0.1, 0.15) is 40.2 Å². The fourth-order valence-corrected chi connectivity index (χ4v) is 6.32. The molecule has 0 atom stereocenters. The molecule has 7 rings (SSSR count). The summed E-state index contributed by atoms with van der Waals surface area (Å²) in [6.07, 6.45) is 8.00. The average Bonchev–Trinajstić information content (AvgIpc) is 3.20. The van der Waals surface area contributed by atoms with Crippen molar-refractivity contribution in [2.45, 2.75) is 40.0 Å². The normalized spacial score (nSPS) is 11.4. The van der Waals surface area contributed by atoms with Gasteiger partial charge < -0.3 is 9.80 Å². The van der Waals surface area contributed by atoms with E-state index in [1.807, 2.05) is 50.3 Å². The highest BCUT2D eigenvalue weighted by molar-refractivity contribution is 5.89. The van der Waals surface area contributed by atoms with Crippen LogP contribution in [0.3, 0.4) is 0 Å². The van der Waals surface area contributed by atoms with Gasteiger partial charge in [-0.3, -0.25) is 0 Å². The van der Waals surface area contributed by atoms with Gasteiger partial charge in [0.25, 0.3) is 0 Å². The minimum absolute atomic E-state index is 0.0643. The highest BCUT2D eigenvalue weighted by Gasteiger charge is 2.21. The molecule has 0 aliphatic rings. The van der Waals surface area contributed by atoms with Crippen LogP contribution in [0.25, 0.3) is 33.5 Å². The first-order chi connectivity index (χ1) is 25.8. The van der Waals surface area contributed by atoms with Crippen molar-refractivity contribution in [2.75, 3.05) is 16.8 Å². The molecular weight excluding hydrogens is 645 g/mol. The molecule has 1 aromatic heterocycles. The predicted molar refractivity (Wildman–Crippen MR) is 228 cm³/mol. The molecule has 264 valence electrons. The third-order valence-corrected chi connectivity index (χ3v) is 9.10. The van der Waals surface area contributed by atoms with E-state index in [1.165, 1.54) is 5.56 Å². The number of allylic oxidation sites excluding steroid dienone is 4. The molecule has 0 bridgehead atoms. The summed E-state index contributed by atoms with van der Waals surface area (Å²) in [4.78, 5) is 15.1. The third kappa shape index (κ3) is 8.62. The van der Waals surface area contributed by atoms with E-state index in [-0.39, 0.29) is 5.41 Å². The Kier molecular flexibility index (Phi) is 11.6. The Morgan fingerprint density at radius 3 is 1.43 bits per heavy atom. The summed E-state index contributed by atoms with van der Waals surface area (Å²) in [6, 6.07) is 55.1. The summed E-state index contributed by atoms with van der Waals surface area (Å²) in [5.74, 6) is 0. The van der Waals surface area contributed by atoms with E-state index < -0.39 is 0 Å². The fourth-order valence-electron chi connectivity index (χ4n) is 6.32. The van der Waals surface area contributed by atoms with Crippen molar-refractivity contribution < 1.29 is 0 Å². The maximum atomic E-state index is 5.35. The van der Waals surface area contributed by atoms with Gasteiger partial charge in [0.1, 0.15) is 0 Å². The Bertz CT molecular complexity index is 2260. The lowest BCUT2D eigenvalue weighted by atomic mass is 9.86. The first-order valence-corrected chi connectivity index (χ1v) is 18.2. The summed E-state index contributed by atoms with van der Waals surface area (Å²) in [5.41, 5.74) is 12.3. The number of fused-ring (bicyclic) bond motifs is 1. The van der Waals surface area contributed by atoms with Gasteiger partial charge in [-0.15, -0.1) is 0 Å². The molecule has 0 unspecified atom stereocenters. The number of nitrogens with zero attached hydrogens (tertiary/aromatic N) is 4. The Balaban J connectivity index is 0.000000741. The predicted octanol–water partition coefficient (Wildman–Crippen LogP) is 13.6. The first kappa shape index (κ1) is 36.5. The van der Waals surface area contributed by atoms with E-state index in [9.17, 15) is 0 Å². The third-order valence-electron chi connectivity index (χ3n) is 9.10. The van der Waals surface area contributed by atoms with Crippen molar-refractivity contribution in [3.8, 4) is 22.5 Å². The molecule has 0 saturated heterocycles. The molecule has 4 nitrogen and oxygen atoms in total. The molecule has 7 aromatic rings. The van der Waals surface area contributed by atoms with Crippen LogP contribution >= 0.6 is 0 Å². The molecule has 0 aliphatic carbocycles. The number of hydrogen-bond acceptors (Lipinski definition) is 4. The van der Waals surface area contributed by atoms with Crippen LogP contribution in [0.4, 0.5) is 28.4 Å². The van der Waals surface area contributed by atoms with Crippen molar-refractivity contribution in [1.82, 2.24) is 9.97 Å². The molecule has 1 heterocycles. The molecule has 0 fully saturated rings. The van der Waals surface area contributed by atoms with Crippen LogP contribution in [0.5, 0.6) is 0 Å². The Labute approximate surface area is 315 Å². The van der Waals surface area contributed by atoms with Crippen LogP contribution in [0, 0.1) is 0 Å². The largest absolute Gasteiger partial charge is 0.345 e. The van der Waals surface area contributed by atoms with Crippen LogP contribution in [-0.2, 0) is 5.41 Å². The zero-order chi connectivity index (χ0) is 37.2. The number of rotatable bonds is 8. The van der Waals surface area contributed by atoms with Crippen molar-refractivity contribution in [1.29, 1.82) is 0 Å². The van der Waals surface area contributed by atoms with Gasteiger partial charge in [-0.2, -0.15) is 0 Å². The minimum Gasteiger partial charge on any atom is -0.345 e. The summed E-state index contributed by atoms with van der Waals surface area (Å²) in [5, 5.41) is 0. The van der Waals surface area contributed by atoms with E-state index in [4.69, 9.17) is 9.97 Å². The second-order valence-electron chi connectivity index (χ2n) is 13.9. The van der Waals surface area contributed by atoms with Gasteiger partial charge in [-0.05, 0) is 91.6 Å². The Hall–Kier alpha value is -6.26. The van der Waals surface area contributed by atoms with Gasteiger partial charge in [0.15, 0.2) is 0 Å². The number of benzene rings is 6. The molecule has 0 N–H and O–H groups in total. The molecule has 0 aliphatic heterocycles. The monoisotopic (exact) mass is 692 g/mol. The topological polar surface area (TPSA) is 32.3 Å². The number of para-hydroxylation sites is 3. The van der Waals surface area contributed by atoms with E-state index in [0.717, 1.165) is 62.0 Å². The zero-order valence-electron chi connectivity index (χ0n) is 31.6. The molecule has 6 aromatic carbocycles. The lowest BCUT2D eigenvalue weighted by Gasteiger charge is -2.27. The first-order valence-electron chi connectivity index (χ1n) is 18.2. The molecule has 0 amide bonds. The maximum absolute atomic E-state index is 5.35. The van der Waals surface area contributed by atoms with Crippen molar-refractivity contribution in [3.63, 3.8) is 0 Å². The quantitative estimate of drug-likeness (QED) is 0.148. The van der Waals surface area contributed by atoms with E-state index in [0.29, 0.717) is 0 Å². The lowest BCUT2D eigenvalue weighted by Crippen LogP contribution is -2.13. The van der Waals surface area contributed by atoms with Crippen molar-refractivity contribution in [3.05, 3.63) is 188 Å². The van der Waals surface area contributed by atoms with Crippen LogP contribution in [-0.4, -0.2) is 17.0 Å². The average molecular weight is 693 g/mol. The number of anilines is 5. The molecule has 53 heavy (non-hydrogen) atoms. The van der Waals surface area contributed by atoms with Gasteiger partial charge in [-0.1, -0.05) is 136 Å². The molecular formula is C49H48N4. The number of hydrogen-bond donors (Lipinski definition) is 0. The maximum Gasteiger partial charge on any atom is 0.0973 e. The Morgan fingerprint density at radius 1 is 0.453 bits per heavy atom. The molecule has 0 saturated carbocycles. The highest BCUT2D eigenvalue weighted by atomic mass is 15.1. The summed E-state index contributed by atoms with van der Waals surface area (Å²) >= 11 is 0. The second-order valence-corrected chi connectivity index (χ2v) is 13.9. The van der Waals surface area contributed by atoms with Gasteiger partial charge in [0.05, 0.1) is 22.4 Å². The van der Waals surface area contributed by atoms with Crippen LogP contribution < -0.4 is 9.80 Å². The summed E-state index contributed by atoms with van der Waals surface area (Å²) in [6.45, 7) is 10.7. The molecule has 0 spiro atoms. The minimum atomic E-state index is -0.0643. The highest BCUT2D eigenvalue weighted by Crippen LogP contribution is 2.39. The van der Waals surface area contributed by atoms with Crippen LogP contribution in [0.2, 0.25) is 0 Å². The van der Waals surface area contributed by atoms with E-state index >= 15 is 0 Å². The van der Waals surface area contributed by atoms with Gasteiger partial charge in [-0.25, -0.2) is 9.97 Å². The summed E-state index contributed by atoms with van der Waals surface area (Å²) in [7, 11) is 2.10. The van der Waals surface area contributed by atoms with E-state index in [1.54, 1.807) is 0 Å². The SMILES string of the molecule is C/C=C\C=C/C.CN(c1ccccc1)c1ccc(N(c2ccccc2)c2ccc(-c3nc4c(C(C)(C)C)cccc4nc3-c3ccccc3)cc2)cc1. The molecule has 0 radical (unpaired) electrons. The van der Waals surface area contributed by atoms with Gasteiger partial charge in [0, 0.05) is 46.6 Å². The lowest BCUT2D eigenvalue weighted by molar-refractivity contribution is 0.594. The number of aromatic nitrogens is 2. The van der Waals surface area contributed by atoms with Crippen molar-refractivity contribution >= 4 is 39.5 Å².